The number of methoxy groups -OCH3 is 1. The molecule has 0 spiro atoms. The second-order valence-corrected chi connectivity index (χ2v) is 6.83. The quantitative estimate of drug-likeness (QED) is 0.754. The fourth-order valence-electron chi connectivity index (χ4n) is 3.28. The summed E-state index contributed by atoms with van der Waals surface area (Å²) in [5.41, 5.74) is 2.80. The smallest absolute Gasteiger partial charge is 0.254 e. The zero-order valence-corrected chi connectivity index (χ0v) is 16.6. The molecule has 2 amide bonds. The third-order valence-electron chi connectivity index (χ3n) is 5.02. The highest BCUT2D eigenvalue weighted by Crippen LogP contribution is 2.20. The molecular formula is C23H23N3O3. The summed E-state index contributed by atoms with van der Waals surface area (Å²) >= 11 is 0. The van der Waals surface area contributed by atoms with Crippen LogP contribution in [-0.4, -0.2) is 54.9 Å². The number of ether oxygens (including phenoxy) is 1. The maximum Gasteiger partial charge on any atom is 0.254 e. The Labute approximate surface area is 170 Å². The van der Waals surface area contributed by atoms with Gasteiger partial charge in [-0.15, -0.1) is 0 Å². The summed E-state index contributed by atoms with van der Waals surface area (Å²) < 4.78 is 5.30. The van der Waals surface area contributed by atoms with Crippen LogP contribution < -0.4 is 4.74 Å². The van der Waals surface area contributed by atoms with Crippen LogP contribution in [0.1, 0.15) is 27.0 Å². The highest BCUT2D eigenvalue weighted by atomic mass is 16.5. The SMILES string of the molecule is COc1cc(C(=O)N2CCN(C(=O)/C=C/c3ccccc3C#N)CC2)ccc1C. The van der Waals surface area contributed by atoms with E-state index in [4.69, 9.17) is 10.00 Å². The van der Waals surface area contributed by atoms with Gasteiger partial charge in [-0.05, 0) is 42.3 Å². The molecule has 148 valence electrons. The van der Waals surface area contributed by atoms with Gasteiger partial charge < -0.3 is 14.5 Å². The Kier molecular flexibility index (Phi) is 6.30. The molecule has 1 saturated heterocycles. The van der Waals surface area contributed by atoms with Crippen LogP contribution in [0.4, 0.5) is 0 Å². The summed E-state index contributed by atoms with van der Waals surface area (Å²) in [7, 11) is 1.59. The van der Waals surface area contributed by atoms with E-state index in [0.29, 0.717) is 48.6 Å². The van der Waals surface area contributed by atoms with E-state index in [1.165, 1.54) is 6.08 Å². The Balaban J connectivity index is 1.60. The molecule has 6 nitrogen and oxygen atoms in total. The molecule has 6 heteroatoms. The summed E-state index contributed by atoms with van der Waals surface area (Å²) in [4.78, 5) is 28.7. The van der Waals surface area contributed by atoms with E-state index in [9.17, 15) is 9.59 Å². The van der Waals surface area contributed by atoms with Gasteiger partial charge in [0.05, 0.1) is 18.7 Å². The van der Waals surface area contributed by atoms with Crippen molar-refractivity contribution in [2.75, 3.05) is 33.3 Å². The lowest BCUT2D eigenvalue weighted by molar-refractivity contribution is -0.127. The third kappa shape index (κ3) is 4.64. The van der Waals surface area contributed by atoms with Gasteiger partial charge >= 0.3 is 0 Å². The van der Waals surface area contributed by atoms with Crippen molar-refractivity contribution in [3.05, 3.63) is 70.8 Å². The van der Waals surface area contributed by atoms with Crippen LogP contribution in [0.5, 0.6) is 5.75 Å². The Hall–Kier alpha value is -3.59. The number of amides is 2. The monoisotopic (exact) mass is 389 g/mol. The number of aryl methyl sites for hydroxylation is 1. The normalized spacial score (nSPS) is 14.0. The lowest BCUT2D eigenvalue weighted by Crippen LogP contribution is -2.50. The minimum Gasteiger partial charge on any atom is -0.496 e. The van der Waals surface area contributed by atoms with Crippen LogP contribution in [-0.2, 0) is 4.79 Å². The van der Waals surface area contributed by atoms with Gasteiger partial charge in [0.2, 0.25) is 5.91 Å². The van der Waals surface area contributed by atoms with E-state index in [-0.39, 0.29) is 11.8 Å². The summed E-state index contributed by atoms with van der Waals surface area (Å²) in [5.74, 6) is 0.503. The van der Waals surface area contributed by atoms with Crippen LogP contribution in [0.3, 0.4) is 0 Å². The molecule has 0 unspecified atom stereocenters. The van der Waals surface area contributed by atoms with Crippen molar-refractivity contribution in [1.82, 2.24) is 9.80 Å². The number of carbonyl (C=O) groups is 2. The van der Waals surface area contributed by atoms with Crippen LogP contribution in [0.25, 0.3) is 6.08 Å². The topological polar surface area (TPSA) is 73.6 Å². The average Bonchev–Trinajstić information content (AvgIpc) is 2.77. The largest absolute Gasteiger partial charge is 0.496 e. The number of nitriles is 1. The Bertz CT molecular complexity index is 983. The number of rotatable bonds is 4. The predicted molar refractivity (Wildman–Crippen MR) is 110 cm³/mol. The first-order valence-electron chi connectivity index (χ1n) is 9.43. The molecule has 0 atom stereocenters. The first kappa shape index (κ1) is 20.2. The van der Waals surface area contributed by atoms with Gasteiger partial charge in [0.15, 0.2) is 0 Å². The summed E-state index contributed by atoms with van der Waals surface area (Å²) in [6.45, 7) is 3.82. The highest BCUT2D eigenvalue weighted by Gasteiger charge is 2.24. The maximum absolute atomic E-state index is 12.8. The van der Waals surface area contributed by atoms with Crippen LogP contribution in [0, 0.1) is 18.3 Å². The van der Waals surface area contributed by atoms with Crippen LogP contribution in [0.2, 0.25) is 0 Å². The molecule has 1 heterocycles. The lowest BCUT2D eigenvalue weighted by Gasteiger charge is -2.34. The molecule has 0 aliphatic carbocycles. The molecule has 29 heavy (non-hydrogen) atoms. The number of benzene rings is 2. The van der Waals surface area contributed by atoms with Crippen molar-refractivity contribution < 1.29 is 14.3 Å². The van der Waals surface area contributed by atoms with Gasteiger partial charge in [0.25, 0.3) is 5.91 Å². The van der Waals surface area contributed by atoms with E-state index in [1.807, 2.05) is 19.1 Å². The van der Waals surface area contributed by atoms with Gasteiger partial charge in [-0.1, -0.05) is 24.3 Å². The van der Waals surface area contributed by atoms with Crippen molar-refractivity contribution >= 4 is 17.9 Å². The Morgan fingerprint density at radius 1 is 1.07 bits per heavy atom. The van der Waals surface area contributed by atoms with Crippen molar-refractivity contribution in [2.24, 2.45) is 0 Å². The first-order valence-corrected chi connectivity index (χ1v) is 9.43. The van der Waals surface area contributed by atoms with E-state index < -0.39 is 0 Å². The third-order valence-corrected chi connectivity index (χ3v) is 5.02. The number of nitrogens with zero attached hydrogens (tertiary/aromatic N) is 3. The molecule has 3 rings (SSSR count). The van der Waals surface area contributed by atoms with E-state index in [0.717, 1.165) is 5.56 Å². The zero-order valence-electron chi connectivity index (χ0n) is 16.6. The lowest BCUT2D eigenvalue weighted by atomic mass is 10.1. The fourth-order valence-corrected chi connectivity index (χ4v) is 3.28. The number of carbonyl (C=O) groups excluding carboxylic acids is 2. The summed E-state index contributed by atoms with van der Waals surface area (Å²) in [6, 6.07) is 14.7. The Morgan fingerprint density at radius 2 is 1.76 bits per heavy atom. The van der Waals surface area contributed by atoms with Crippen molar-refractivity contribution in [3.63, 3.8) is 0 Å². The second-order valence-electron chi connectivity index (χ2n) is 6.83. The first-order chi connectivity index (χ1) is 14.0. The summed E-state index contributed by atoms with van der Waals surface area (Å²) in [6.07, 6.45) is 3.15. The zero-order chi connectivity index (χ0) is 20.8. The number of piperazine rings is 1. The minimum absolute atomic E-state index is 0.0612. The highest BCUT2D eigenvalue weighted by molar-refractivity contribution is 5.95. The molecule has 0 N–H and O–H groups in total. The Morgan fingerprint density at radius 3 is 2.45 bits per heavy atom. The molecule has 2 aromatic carbocycles. The van der Waals surface area contributed by atoms with E-state index in [1.54, 1.807) is 53.3 Å². The van der Waals surface area contributed by atoms with E-state index >= 15 is 0 Å². The fraction of sp³-hybridized carbons (Fsp3) is 0.261. The van der Waals surface area contributed by atoms with E-state index in [2.05, 4.69) is 6.07 Å². The molecule has 1 aliphatic rings. The number of hydrogen-bond donors (Lipinski definition) is 0. The van der Waals surface area contributed by atoms with Gasteiger partial charge in [-0.3, -0.25) is 9.59 Å². The van der Waals surface area contributed by atoms with Crippen molar-refractivity contribution in [1.29, 1.82) is 5.26 Å². The summed E-state index contributed by atoms with van der Waals surface area (Å²) in [5, 5.41) is 9.13. The van der Waals surface area contributed by atoms with Crippen molar-refractivity contribution in [3.8, 4) is 11.8 Å². The standard InChI is InChI=1S/C23H23N3O3/c1-17-7-8-19(15-21(17)29-2)23(28)26-13-11-25(12-14-26)22(27)10-9-18-5-3-4-6-20(18)16-24/h3-10,15H,11-14H2,1-2H3/b10-9+. The predicted octanol–water partition coefficient (Wildman–Crippen LogP) is 2.87. The number of hydrogen-bond acceptors (Lipinski definition) is 4. The molecule has 2 aromatic rings. The van der Waals surface area contributed by atoms with Gasteiger partial charge in [-0.2, -0.15) is 5.26 Å². The average molecular weight is 389 g/mol. The van der Waals surface area contributed by atoms with Crippen LogP contribution >= 0.6 is 0 Å². The van der Waals surface area contributed by atoms with Gasteiger partial charge in [0.1, 0.15) is 5.75 Å². The van der Waals surface area contributed by atoms with Gasteiger partial charge in [0, 0.05) is 37.8 Å². The molecule has 0 aromatic heterocycles. The molecule has 1 aliphatic heterocycles. The molecule has 1 fully saturated rings. The van der Waals surface area contributed by atoms with Crippen LogP contribution in [0.15, 0.2) is 48.5 Å². The van der Waals surface area contributed by atoms with Crippen molar-refractivity contribution in [2.45, 2.75) is 6.92 Å². The molecule has 0 radical (unpaired) electrons. The maximum atomic E-state index is 12.8. The second kappa shape index (κ2) is 9.07. The molecular weight excluding hydrogens is 366 g/mol. The minimum atomic E-state index is -0.123. The molecule has 0 bridgehead atoms. The molecule has 0 saturated carbocycles. The van der Waals surface area contributed by atoms with Gasteiger partial charge in [-0.25, -0.2) is 0 Å².